The number of amides is 1. The van der Waals surface area contributed by atoms with Gasteiger partial charge in [-0.25, -0.2) is 13.1 Å². The van der Waals surface area contributed by atoms with Crippen molar-refractivity contribution in [2.75, 3.05) is 12.8 Å². The number of carbonyl (C=O) groups is 1. The Morgan fingerprint density at radius 2 is 1.81 bits per heavy atom. The Bertz CT molecular complexity index is 897. The molecule has 1 fully saturated rings. The second kappa shape index (κ2) is 8.23. The van der Waals surface area contributed by atoms with E-state index in [1.54, 1.807) is 6.92 Å². The molecule has 0 unspecified atom stereocenters. The average Bonchev–Trinajstić information content (AvgIpc) is 2.63. The van der Waals surface area contributed by atoms with Crippen molar-refractivity contribution in [1.82, 2.24) is 9.62 Å². The number of nitrogens with zero attached hydrogens (tertiary/aromatic N) is 1. The van der Waals surface area contributed by atoms with E-state index in [4.69, 9.17) is 0 Å². The number of piperidine rings is 1. The Balaban J connectivity index is 1.88. The lowest BCUT2D eigenvalue weighted by atomic mass is 9.90. The molecule has 1 aliphatic heterocycles. The summed E-state index contributed by atoms with van der Waals surface area (Å²) in [5, 5.41) is 0. The van der Waals surface area contributed by atoms with Crippen LogP contribution < -0.4 is 4.72 Å². The van der Waals surface area contributed by atoms with Gasteiger partial charge in [-0.1, -0.05) is 54.6 Å². The van der Waals surface area contributed by atoms with Gasteiger partial charge in [-0.15, -0.1) is 0 Å². The average molecular weight is 387 g/mol. The lowest BCUT2D eigenvalue weighted by Gasteiger charge is -2.41. The minimum Gasteiger partial charge on any atom is -0.338 e. The van der Waals surface area contributed by atoms with Gasteiger partial charge in [0.2, 0.25) is 15.9 Å². The fourth-order valence-electron chi connectivity index (χ4n) is 3.86. The first-order valence-corrected chi connectivity index (χ1v) is 11.1. The van der Waals surface area contributed by atoms with Crippen molar-refractivity contribution in [2.24, 2.45) is 0 Å². The molecule has 0 bridgehead atoms. The zero-order valence-electron chi connectivity index (χ0n) is 15.8. The van der Waals surface area contributed by atoms with Crippen LogP contribution in [0.3, 0.4) is 0 Å². The smallest absolute Gasteiger partial charge is 0.219 e. The van der Waals surface area contributed by atoms with Gasteiger partial charge in [0.05, 0.1) is 12.3 Å². The quantitative estimate of drug-likeness (QED) is 0.859. The highest BCUT2D eigenvalue weighted by molar-refractivity contribution is 7.88. The number of likely N-dealkylation sites (tertiary alicyclic amines) is 1. The molecule has 1 aliphatic rings. The van der Waals surface area contributed by atoms with Crippen LogP contribution in [0, 0.1) is 0 Å². The molecule has 3 rings (SSSR count). The summed E-state index contributed by atoms with van der Waals surface area (Å²) in [6.07, 6.45) is 3.33. The first kappa shape index (κ1) is 19.6. The van der Waals surface area contributed by atoms with Gasteiger partial charge in [-0.2, -0.15) is 0 Å². The van der Waals surface area contributed by atoms with Crippen molar-refractivity contribution in [3.63, 3.8) is 0 Å². The van der Waals surface area contributed by atoms with Crippen molar-refractivity contribution in [1.29, 1.82) is 0 Å². The summed E-state index contributed by atoms with van der Waals surface area (Å²) in [6, 6.07) is 17.9. The van der Waals surface area contributed by atoms with E-state index in [9.17, 15) is 13.2 Å². The predicted octanol–water partition coefficient (Wildman–Crippen LogP) is 2.82. The van der Waals surface area contributed by atoms with Crippen LogP contribution in [0.2, 0.25) is 0 Å². The fourth-order valence-corrected chi connectivity index (χ4v) is 4.69. The maximum Gasteiger partial charge on any atom is 0.219 e. The van der Waals surface area contributed by atoms with E-state index in [-0.39, 0.29) is 18.0 Å². The Kier molecular flexibility index (Phi) is 5.97. The summed E-state index contributed by atoms with van der Waals surface area (Å²) in [5.74, 6) is -0.0146. The van der Waals surface area contributed by atoms with Crippen molar-refractivity contribution in [3.8, 4) is 11.1 Å². The van der Waals surface area contributed by atoms with Crippen LogP contribution in [-0.2, 0) is 21.2 Å². The van der Waals surface area contributed by atoms with E-state index in [1.165, 1.54) is 6.26 Å². The van der Waals surface area contributed by atoms with Gasteiger partial charge >= 0.3 is 0 Å². The van der Waals surface area contributed by atoms with E-state index in [2.05, 4.69) is 29.0 Å². The van der Waals surface area contributed by atoms with Crippen LogP contribution >= 0.6 is 0 Å². The number of rotatable bonds is 5. The van der Waals surface area contributed by atoms with Gasteiger partial charge in [0.15, 0.2) is 0 Å². The second-order valence-electron chi connectivity index (χ2n) is 7.19. The normalized spacial score (nSPS) is 20.4. The van der Waals surface area contributed by atoms with Crippen LogP contribution in [0.4, 0.5) is 0 Å². The summed E-state index contributed by atoms with van der Waals surface area (Å²) in [7, 11) is -3.34. The molecule has 2 atom stereocenters. The molecule has 0 aliphatic carbocycles. The summed E-state index contributed by atoms with van der Waals surface area (Å²) in [6.45, 7) is 2.22. The number of sulfonamides is 1. The molecule has 2 aromatic rings. The lowest BCUT2D eigenvalue weighted by molar-refractivity contribution is -0.133. The van der Waals surface area contributed by atoms with Crippen molar-refractivity contribution in [2.45, 2.75) is 38.3 Å². The molecule has 144 valence electrons. The fraction of sp³-hybridized carbons (Fsp3) is 0.381. The molecule has 6 heteroatoms. The van der Waals surface area contributed by atoms with Gasteiger partial charge in [-0.05, 0) is 36.0 Å². The van der Waals surface area contributed by atoms with Gasteiger partial charge < -0.3 is 4.90 Å². The van der Waals surface area contributed by atoms with Crippen molar-refractivity contribution >= 4 is 15.9 Å². The number of carbonyl (C=O) groups excluding carboxylic acids is 1. The minimum absolute atomic E-state index is 0.0146. The van der Waals surface area contributed by atoms with E-state index in [1.807, 2.05) is 35.2 Å². The predicted molar refractivity (Wildman–Crippen MR) is 108 cm³/mol. The standard InChI is InChI=1S/C21H26N2O3S/c1-16(24)23-13-7-12-20(22-27(2,25)26)21(23)15-17-8-6-11-19(14-17)18-9-4-3-5-10-18/h3-6,8-11,14,20-22H,7,12-13,15H2,1-2H3/t20-,21-/m1/s1. The Morgan fingerprint density at radius 3 is 2.48 bits per heavy atom. The van der Waals surface area contributed by atoms with Crippen LogP contribution in [-0.4, -0.2) is 44.1 Å². The number of nitrogens with one attached hydrogen (secondary N) is 1. The van der Waals surface area contributed by atoms with Gasteiger partial charge in [0.25, 0.3) is 0 Å². The van der Waals surface area contributed by atoms with E-state index in [0.29, 0.717) is 13.0 Å². The highest BCUT2D eigenvalue weighted by atomic mass is 32.2. The van der Waals surface area contributed by atoms with Crippen molar-refractivity contribution < 1.29 is 13.2 Å². The Hall–Kier alpha value is -2.18. The molecule has 1 amide bonds. The molecule has 1 heterocycles. The van der Waals surface area contributed by atoms with Crippen LogP contribution in [0.1, 0.15) is 25.3 Å². The third-order valence-corrected chi connectivity index (χ3v) is 5.76. The molecule has 5 nitrogen and oxygen atoms in total. The highest BCUT2D eigenvalue weighted by Gasteiger charge is 2.34. The summed E-state index contributed by atoms with van der Waals surface area (Å²) in [5.41, 5.74) is 3.35. The molecule has 2 aromatic carbocycles. The molecule has 1 saturated heterocycles. The summed E-state index contributed by atoms with van der Waals surface area (Å²) in [4.78, 5) is 14.0. The zero-order chi connectivity index (χ0) is 19.4. The maximum absolute atomic E-state index is 12.1. The minimum atomic E-state index is -3.34. The molecule has 0 saturated carbocycles. The lowest BCUT2D eigenvalue weighted by Crippen LogP contribution is -2.57. The first-order chi connectivity index (χ1) is 12.8. The topological polar surface area (TPSA) is 66.5 Å². The van der Waals surface area contributed by atoms with E-state index < -0.39 is 10.0 Å². The maximum atomic E-state index is 12.1. The molecule has 0 spiro atoms. The number of hydrogen-bond acceptors (Lipinski definition) is 3. The van der Waals surface area contributed by atoms with Crippen LogP contribution in [0.25, 0.3) is 11.1 Å². The van der Waals surface area contributed by atoms with Crippen LogP contribution in [0.5, 0.6) is 0 Å². The number of hydrogen-bond donors (Lipinski definition) is 1. The highest BCUT2D eigenvalue weighted by Crippen LogP contribution is 2.25. The molecule has 0 radical (unpaired) electrons. The largest absolute Gasteiger partial charge is 0.338 e. The molecular formula is C21H26N2O3S. The van der Waals surface area contributed by atoms with Crippen LogP contribution in [0.15, 0.2) is 54.6 Å². The first-order valence-electron chi connectivity index (χ1n) is 9.22. The van der Waals surface area contributed by atoms with Gasteiger partial charge in [0.1, 0.15) is 0 Å². The third kappa shape index (κ3) is 5.17. The zero-order valence-corrected chi connectivity index (χ0v) is 16.6. The third-order valence-electron chi connectivity index (χ3n) is 5.03. The van der Waals surface area contributed by atoms with Gasteiger partial charge in [-0.3, -0.25) is 4.79 Å². The Morgan fingerprint density at radius 1 is 1.11 bits per heavy atom. The number of benzene rings is 2. The summed E-state index contributed by atoms with van der Waals surface area (Å²) >= 11 is 0. The van der Waals surface area contributed by atoms with Crippen molar-refractivity contribution in [3.05, 3.63) is 60.2 Å². The van der Waals surface area contributed by atoms with Gasteiger partial charge in [0, 0.05) is 19.5 Å². The van der Waals surface area contributed by atoms with E-state index in [0.717, 1.165) is 29.5 Å². The summed E-state index contributed by atoms with van der Waals surface area (Å²) < 4.78 is 26.3. The SMILES string of the molecule is CC(=O)N1CCC[C@@H](NS(C)(=O)=O)[C@H]1Cc1cccc(-c2ccccc2)c1. The molecule has 0 aromatic heterocycles. The molecule has 1 N–H and O–H groups in total. The van der Waals surface area contributed by atoms with E-state index >= 15 is 0 Å². The second-order valence-corrected chi connectivity index (χ2v) is 8.97. The molecular weight excluding hydrogens is 360 g/mol. The monoisotopic (exact) mass is 386 g/mol. The molecule has 27 heavy (non-hydrogen) atoms. The Labute approximate surface area is 161 Å².